The highest BCUT2D eigenvalue weighted by Gasteiger charge is 2.03. The second kappa shape index (κ2) is 8.40. The Kier molecular flexibility index (Phi) is 7.16. The van der Waals surface area contributed by atoms with Crippen LogP contribution in [0.15, 0.2) is 29.2 Å². The summed E-state index contributed by atoms with van der Waals surface area (Å²) in [5, 5.41) is 12.4. The molecule has 0 aliphatic heterocycles. The maximum Gasteiger partial charge on any atom is 0.220 e. The maximum absolute atomic E-state index is 11.4. The Bertz CT molecular complexity index is 368. The van der Waals surface area contributed by atoms with E-state index < -0.39 is 6.10 Å². The number of benzene rings is 1. The van der Waals surface area contributed by atoms with Gasteiger partial charge in [-0.1, -0.05) is 11.6 Å². The molecular formula is C13H18ClNO2S. The molecule has 100 valence electrons. The first-order valence-corrected chi connectivity index (χ1v) is 7.27. The van der Waals surface area contributed by atoms with Gasteiger partial charge in [0.15, 0.2) is 0 Å². The largest absolute Gasteiger partial charge is 0.392 e. The minimum atomic E-state index is -0.489. The lowest BCUT2D eigenvalue weighted by Crippen LogP contribution is -2.30. The average Bonchev–Trinajstić information content (AvgIpc) is 2.34. The monoisotopic (exact) mass is 287 g/mol. The highest BCUT2D eigenvalue weighted by atomic mass is 35.5. The van der Waals surface area contributed by atoms with Crippen LogP contribution in [0.3, 0.4) is 0 Å². The number of hydrogen-bond donors (Lipinski definition) is 2. The van der Waals surface area contributed by atoms with Gasteiger partial charge in [0.2, 0.25) is 5.91 Å². The standard InChI is InChI=1S/C13H18ClNO2S/c1-10(16)9-15-13(17)3-2-8-18-12-6-4-11(14)5-7-12/h4-7,10,16H,2-3,8-9H2,1H3,(H,15,17). The molecule has 0 aromatic heterocycles. The Balaban J connectivity index is 2.11. The molecule has 1 unspecified atom stereocenters. The van der Waals surface area contributed by atoms with E-state index in [0.29, 0.717) is 13.0 Å². The van der Waals surface area contributed by atoms with Gasteiger partial charge in [0.05, 0.1) is 6.10 Å². The normalized spacial score (nSPS) is 12.2. The molecule has 0 spiro atoms. The number of aliphatic hydroxyl groups is 1. The van der Waals surface area contributed by atoms with E-state index >= 15 is 0 Å². The number of aliphatic hydroxyl groups excluding tert-OH is 1. The Hall–Kier alpha value is -0.710. The summed E-state index contributed by atoms with van der Waals surface area (Å²) < 4.78 is 0. The predicted octanol–water partition coefficient (Wildman–Crippen LogP) is 2.71. The van der Waals surface area contributed by atoms with Crippen LogP contribution in [0.5, 0.6) is 0 Å². The van der Waals surface area contributed by atoms with Crippen molar-refractivity contribution >= 4 is 29.3 Å². The first-order chi connectivity index (χ1) is 8.58. The van der Waals surface area contributed by atoms with Crippen molar-refractivity contribution in [2.45, 2.75) is 30.8 Å². The van der Waals surface area contributed by atoms with Crippen LogP contribution >= 0.6 is 23.4 Å². The van der Waals surface area contributed by atoms with Crippen molar-refractivity contribution in [1.82, 2.24) is 5.32 Å². The lowest BCUT2D eigenvalue weighted by molar-refractivity contribution is -0.121. The fourth-order valence-corrected chi connectivity index (χ4v) is 2.28. The SMILES string of the molecule is CC(O)CNC(=O)CCCSc1ccc(Cl)cc1. The molecule has 0 saturated heterocycles. The fourth-order valence-electron chi connectivity index (χ4n) is 1.30. The topological polar surface area (TPSA) is 49.3 Å². The third-order valence-electron chi connectivity index (χ3n) is 2.23. The molecule has 18 heavy (non-hydrogen) atoms. The lowest BCUT2D eigenvalue weighted by Gasteiger charge is -2.06. The van der Waals surface area contributed by atoms with E-state index in [-0.39, 0.29) is 5.91 Å². The number of amides is 1. The zero-order valence-electron chi connectivity index (χ0n) is 10.4. The van der Waals surface area contributed by atoms with Gasteiger partial charge in [-0.05, 0) is 43.4 Å². The number of carbonyl (C=O) groups excluding carboxylic acids is 1. The van der Waals surface area contributed by atoms with Gasteiger partial charge in [-0.3, -0.25) is 4.79 Å². The first-order valence-electron chi connectivity index (χ1n) is 5.91. The van der Waals surface area contributed by atoms with Crippen LogP contribution in [-0.4, -0.2) is 29.4 Å². The van der Waals surface area contributed by atoms with Gasteiger partial charge in [-0.25, -0.2) is 0 Å². The number of thioether (sulfide) groups is 1. The predicted molar refractivity (Wildman–Crippen MR) is 76.1 cm³/mol. The number of halogens is 1. The van der Waals surface area contributed by atoms with Crippen LogP contribution in [0.2, 0.25) is 5.02 Å². The van der Waals surface area contributed by atoms with Crippen molar-refractivity contribution in [1.29, 1.82) is 0 Å². The Morgan fingerprint density at radius 1 is 1.44 bits per heavy atom. The maximum atomic E-state index is 11.4. The van der Waals surface area contributed by atoms with Gasteiger partial charge in [0.1, 0.15) is 0 Å². The molecule has 1 rings (SSSR count). The number of rotatable bonds is 7. The van der Waals surface area contributed by atoms with Crippen molar-refractivity contribution in [3.8, 4) is 0 Å². The second-order valence-electron chi connectivity index (χ2n) is 4.06. The lowest BCUT2D eigenvalue weighted by atomic mass is 10.3. The smallest absolute Gasteiger partial charge is 0.220 e. The summed E-state index contributed by atoms with van der Waals surface area (Å²) >= 11 is 7.50. The molecule has 1 amide bonds. The molecule has 0 aliphatic rings. The molecular weight excluding hydrogens is 270 g/mol. The van der Waals surface area contributed by atoms with Gasteiger partial charge in [-0.15, -0.1) is 11.8 Å². The van der Waals surface area contributed by atoms with Crippen LogP contribution in [0.25, 0.3) is 0 Å². The van der Waals surface area contributed by atoms with E-state index in [1.165, 1.54) is 0 Å². The van der Waals surface area contributed by atoms with Crippen molar-refractivity contribution in [2.75, 3.05) is 12.3 Å². The summed E-state index contributed by atoms with van der Waals surface area (Å²) in [5.74, 6) is 0.886. The van der Waals surface area contributed by atoms with E-state index in [0.717, 1.165) is 22.1 Å². The van der Waals surface area contributed by atoms with Crippen LogP contribution in [0.4, 0.5) is 0 Å². The highest BCUT2D eigenvalue weighted by molar-refractivity contribution is 7.99. The molecule has 0 saturated carbocycles. The first kappa shape index (κ1) is 15.3. The molecule has 3 nitrogen and oxygen atoms in total. The quantitative estimate of drug-likeness (QED) is 0.599. The van der Waals surface area contributed by atoms with Gasteiger partial charge < -0.3 is 10.4 Å². The average molecular weight is 288 g/mol. The summed E-state index contributed by atoms with van der Waals surface area (Å²) in [6.07, 6.45) is 0.823. The van der Waals surface area contributed by atoms with Crippen molar-refractivity contribution in [3.63, 3.8) is 0 Å². The highest BCUT2D eigenvalue weighted by Crippen LogP contribution is 2.21. The Labute approximate surface area is 117 Å². The van der Waals surface area contributed by atoms with E-state index in [1.54, 1.807) is 18.7 Å². The molecule has 5 heteroatoms. The van der Waals surface area contributed by atoms with E-state index in [1.807, 2.05) is 24.3 Å². The minimum absolute atomic E-state index is 0.00685. The zero-order valence-corrected chi connectivity index (χ0v) is 11.9. The summed E-state index contributed by atoms with van der Waals surface area (Å²) in [5.41, 5.74) is 0. The second-order valence-corrected chi connectivity index (χ2v) is 5.66. The van der Waals surface area contributed by atoms with Crippen molar-refractivity contribution in [3.05, 3.63) is 29.3 Å². The van der Waals surface area contributed by atoms with Crippen LogP contribution < -0.4 is 5.32 Å². The van der Waals surface area contributed by atoms with Crippen LogP contribution in [-0.2, 0) is 4.79 Å². The van der Waals surface area contributed by atoms with Gasteiger partial charge in [0, 0.05) is 22.9 Å². The third kappa shape index (κ3) is 6.89. The minimum Gasteiger partial charge on any atom is -0.392 e. The van der Waals surface area contributed by atoms with Crippen molar-refractivity contribution < 1.29 is 9.90 Å². The third-order valence-corrected chi connectivity index (χ3v) is 3.58. The van der Waals surface area contributed by atoms with E-state index in [9.17, 15) is 4.79 Å². The summed E-state index contributed by atoms with van der Waals surface area (Å²) in [6.45, 7) is 1.97. The van der Waals surface area contributed by atoms with Crippen LogP contribution in [0.1, 0.15) is 19.8 Å². The molecule has 1 atom stereocenters. The van der Waals surface area contributed by atoms with Crippen molar-refractivity contribution in [2.24, 2.45) is 0 Å². The summed E-state index contributed by atoms with van der Waals surface area (Å²) in [7, 11) is 0. The number of nitrogens with one attached hydrogen (secondary N) is 1. The van der Waals surface area contributed by atoms with Gasteiger partial charge in [-0.2, -0.15) is 0 Å². The Morgan fingerprint density at radius 3 is 2.72 bits per heavy atom. The van der Waals surface area contributed by atoms with Gasteiger partial charge in [0.25, 0.3) is 0 Å². The fraction of sp³-hybridized carbons (Fsp3) is 0.462. The molecule has 0 heterocycles. The molecule has 0 aliphatic carbocycles. The zero-order chi connectivity index (χ0) is 13.4. The Morgan fingerprint density at radius 2 is 2.11 bits per heavy atom. The van der Waals surface area contributed by atoms with Crippen LogP contribution in [0, 0.1) is 0 Å². The van der Waals surface area contributed by atoms with E-state index in [2.05, 4.69) is 5.32 Å². The number of carbonyl (C=O) groups is 1. The molecule has 0 fully saturated rings. The molecule has 1 aromatic rings. The number of hydrogen-bond acceptors (Lipinski definition) is 3. The molecule has 0 bridgehead atoms. The molecule has 0 radical (unpaired) electrons. The van der Waals surface area contributed by atoms with Gasteiger partial charge >= 0.3 is 0 Å². The summed E-state index contributed by atoms with van der Waals surface area (Å²) in [4.78, 5) is 12.5. The van der Waals surface area contributed by atoms with E-state index in [4.69, 9.17) is 16.7 Å². The summed E-state index contributed by atoms with van der Waals surface area (Å²) in [6, 6.07) is 7.67. The molecule has 2 N–H and O–H groups in total. The molecule has 1 aromatic carbocycles.